The van der Waals surface area contributed by atoms with Gasteiger partial charge in [-0.3, -0.25) is 9.59 Å². The molecule has 2 N–H and O–H groups in total. The highest BCUT2D eigenvalue weighted by atomic mass is 35.5. The first-order valence-corrected chi connectivity index (χ1v) is 7.39. The molecule has 3 aromatic heterocycles. The number of halogens is 1. The van der Waals surface area contributed by atoms with E-state index >= 15 is 0 Å². The van der Waals surface area contributed by atoms with Gasteiger partial charge in [0.05, 0.1) is 5.02 Å². The molecule has 3 heterocycles. The molecule has 0 aliphatic rings. The van der Waals surface area contributed by atoms with Crippen LogP contribution < -0.4 is 16.4 Å². The third-order valence-corrected chi connectivity index (χ3v) is 3.83. The van der Waals surface area contributed by atoms with Gasteiger partial charge in [-0.05, 0) is 24.3 Å². The summed E-state index contributed by atoms with van der Waals surface area (Å²) in [6.07, 6.45) is 1.46. The van der Waals surface area contributed by atoms with E-state index in [2.05, 4.69) is 15.3 Å². The molecule has 3 aromatic rings. The van der Waals surface area contributed by atoms with Crippen LogP contribution in [0, 0.1) is 11.3 Å². The highest BCUT2D eigenvalue weighted by Crippen LogP contribution is 2.15. The van der Waals surface area contributed by atoms with Gasteiger partial charge in [0.15, 0.2) is 0 Å². The van der Waals surface area contributed by atoms with E-state index in [1.54, 1.807) is 12.1 Å². The van der Waals surface area contributed by atoms with E-state index in [0.29, 0.717) is 27.3 Å². The van der Waals surface area contributed by atoms with Crippen molar-refractivity contribution in [3.63, 3.8) is 0 Å². The van der Waals surface area contributed by atoms with Gasteiger partial charge in [0.2, 0.25) is 0 Å². The van der Waals surface area contributed by atoms with Crippen molar-refractivity contribution in [2.75, 3.05) is 5.32 Å². The Morgan fingerprint density at radius 3 is 2.92 bits per heavy atom. The van der Waals surface area contributed by atoms with E-state index in [4.69, 9.17) is 16.9 Å². The third kappa shape index (κ3) is 2.87. The van der Waals surface area contributed by atoms with Crippen LogP contribution in [0.2, 0.25) is 5.02 Å². The Bertz CT molecular complexity index is 1090. The predicted molar refractivity (Wildman–Crippen MR) is 91.1 cm³/mol. The van der Waals surface area contributed by atoms with Gasteiger partial charge < -0.3 is 14.9 Å². The second kappa shape index (κ2) is 6.18. The molecule has 7 nitrogen and oxygen atoms in total. The fourth-order valence-electron chi connectivity index (χ4n) is 2.31. The highest BCUT2D eigenvalue weighted by Gasteiger charge is 2.08. The standard InChI is InChI=1S/C16H12ClN5O2/c1-22-12(6-18)2-3-13(16(22)24)19-7-10-4-9-5-11(17)8-20-14(9)21-15(10)23/h2-5,8,19H,7H2,1H3,(H,20,21,23). The lowest BCUT2D eigenvalue weighted by molar-refractivity contribution is 0.841. The van der Waals surface area contributed by atoms with E-state index in [0.717, 1.165) is 0 Å². The molecule has 120 valence electrons. The number of nitrogens with one attached hydrogen (secondary N) is 2. The van der Waals surface area contributed by atoms with Crippen LogP contribution in [0.1, 0.15) is 11.3 Å². The molecule has 8 heteroatoms. The molecule has 0 fully saturated rings. The number of pyridine rings is 3. The first-order valence-electron chi connectivity index (χ1n) is 7.01. The average molecular weight is 342 g/mol. The van der Waals surface area contributed by atoms with Gasteiger partial charge in [-0.1, -0.05) is 11.6 Å². The molecule has 0 unspecified atom stereocenters. The van der Waals surface area contributed by atoms with Gasteiger partial charge in [0.1, 0.15) is 23.1 Å². The van der Waals surface area contributed by atoms with Crippen molar-refractivity contribution >= 4 is 28.3 Å². The Labute approximate surface area is 141 Å². The average Bonchev–Trinajstić information content (AvgIpc) is 2.57. The minimum atomic E-state index is -0.337. The number of anilines is 1. The Balaban J connectivity index is 1.93. The lowest BCUT2D eigenvalue weighted by atomic mass is 10.2. The van der Waals surface area contributed by atoms with Crippen molar-refractivity contribution in [1.29, 1.82) is 5.26 Å². The Hall–Kier alpha value is -3.11. The second-order valence-electron chi connectivity index (χ2n) is 5.18. The first kappa shape index (κ1) is 15.8. The van der Waals surface area contributed by atoms with Gasteiger partial charge in [0.25, 0.3) is 11.1 Å². The van der Waals surface area contributed by atoms with Crippen LogP contribution >= 0.6 is 11.6 Å². The summed E-state index contributed by atoms with van der Waals surface area (Å²) in [4.78, 5) is 31.0. The van der Waals surface area contributed by atoms with Crippen molar-refractivity contribution in [3.05, 3.63) is 67.4 Å². The summed E-state index contributed by atoms with van der Waals surface area (Å²) in [5.41, 5.74) is 0.821. The van der Waals surface area contributed by atoms with E-state index in [-0.39, 0.29) is 23.4 Å². The van der Waals surface area contributed by atoms with Crippen molar-refractivity contribution < 1.29 is 0 Å². The maximum absolute atomic E-state index is 12.1. The number of aromatic nitrogens is 3. The minimum Gasteiger partial charge on any atom is -0.376 e. The van der Waals surface area contributed by atoms with Crippen LogP contribution in [0.15, 0.2) is 40.1 Å². The van der Waals surface area contributed by atoms with Crippen LogP contribution in [0.25, 0.3) is 11.0 Å². The fraction of sp³-hybridized carbons (Fsp3) is 0.125. The van der Waals surface area contributed by atoms with Gasteiger partial charge in [-0.25, -0.2) is 4.98 Å². The molecule has 0 bridgehead atoms. The summed E-state index contributed by atoms with van der Waals surface area (Å²) >= 11 is 5.91. The number of hydrogen-bond donors (Lipinski definition) is 2. The van der Waals surface area contributed by atoms with Crippen LogP contribution in [0.4, 0.5) is 5.69 Å². The monoisotopic (exact) mass is 341 g/mol. The number of H-pyrrole nitrogens is 1. The topological polar surface area (TPSA) is 104 Å². The fourth-order valence-corrected chi connectivity index (χ4v) is 2.48. The van der Waals surface area contributed by atoms with E-state index < -0.39 is 0 Å². The van der Waals surface area contributed by atoms with E-state index in [9.17, 15) is 9.59 Å². The summed E-state index contributed by atoms with van der Waals surface area (Å²) < 4.78 is 1.25. The SMILES string of the molecule is Cn1c(C#N)ccc(NCc2cc3cc(Cl)cnc3[nH]c2=O)c1=O. The summed E-state index contributed by atoms with van der Waals surface area (Å²) in [5, 5.41) is 13.0. The van der Waals surface area contributed by atoms with Gasteiger partial charge in [-0.2, -0.15) is 5.26 Å². The number of nitrogens with zero attached hydrogens (tertiary/aromatic N) is 3. The zero-order valence-corrected chi connectivity index (χ0v) is 13.4. The van der Waals surface area contributed by atoms with Gasteiger partial charge in [0, 0.05) is 30.7 Å². The van der Waals surface area contributed by atoms with Crippen molar-refractivity contribution in [2.45, 2.75) is 6.54 Å². The van der Waals surface area contributed by atoms with Crippen LogP contribution in [0.3, 0.4) is 0 Å². The third-order valence-electron chi connectivity index (χ3n) is 3.63. The molecule has 3 rings (SSSR count). The second-order valence-corrected chi connectivity index (χ2v) is 5.61. The number of nitriles is 1. The largest absolute Gasteiger partial charge is 0.376 e. The molecular formula is C16H12ClN5O2. The predicted octanol–water partition coefficient (Wildman–Crippen LogP) is 1.76. The molecule has 0 radical (unpaired) electrons. The first-order chi connectivity index (χ1) is 11.5. The molecule has 0 amide bonds. The molecule has 0 saturated carbocycles. The van der Waals surface area contributed by atoms with Gasteiger partial charge >= 0.3 is 0 Å². The zero-order chi connectivity index (χ0) is 17.3. The zero-order valence-electron chi connectivity index (χ0n) is 12.6. The number of hydrogen-bond acceptors (Lipinski definition) is 5. The van der Waals surface area contributed by atoms with Gasteiger partial charge in [-0.15, -0.1) is 0 Å². The number of aromatic amines is 1. The van der Waals surface area contributed by atoms with E-state index in [1.165, 1.54) is 29.9 Å². The maximum Gasteiger partial charge on any atom is 0.274 e. The summed E-state index contributed by atoms with van der Waals surface area (Å²) in [5.74, 6) is 0. The van der Waals surface area contributed by atoms with Crippen molar-refractivity contribution in [1.82, 2.24) is 14.5 Å². The highest BCUT2D eigenvalue weighted by molar-refractivity contribution is 6.31. The molecule has 0 aliphatic carbocycles. The summed E-state index contributed by atoms with van der Waals surface area (Å²) in [7, 11) is 1.52. The Morgan fingerprint density at radius 2 is 2.17 bits per heavy atom. The molecule has 0 spiro atoms. The molecular weight excluding hydrogens is 330 g/mol. The van der Waals surface area contributed by atoms with E-state index in [1.807, 2.05) is 6.07 Å². The summed E-state index contributed by atoms with van der Waals surface area (Å²) in [6.45, 7) is 0.152. The normalized spacial score (nSPS) is 10.5. The number of fused-ring (bicyclic) bond motifs is 1. The molecule has 0 aromatic carbocycles. The quantitative estimate of drug-likeness (QED) is 0.755. The minimum absolute atomic E-state index is 0.152. The number of rotatable bonds is 3. The van der Waals surface area contributed by atoms with Crippen LogP contribution in [0.5, 0.6) is 0 Å². The molecule has 24 heavy (non-hydrogen) atoms. The molecule has 0 atom stereocenters. The summed E-state index contributed by atoms with van der Waals surface area (Å²) in [6, 6.07) is 8.37. The maximum atomic E-state index is 12.1. The Kier molecular flexibility index (Phi) is 4.06. The lowest BCUT2D eigenvalue weighted by Gasteiger charge is -2.08. The van der Waals surface area contributed by atoms with Crippen LogP contribution in [-0.4, -0.2) is 14.5 Å². The molecule has 0 aliphatic heterocycles. The lowest BCUT2D eigenvalue weighted by Crippen LogP contribution is -2.24. The Morgan fingerprint density at radius 1 is 1.38 bits per heavy atom. The smallest absolute Gasteiger partial charge is 0.274 e. The molecule has 0 saturated heterocycles. The van der Waals surface area contributed by atoms with Crippen molar-refractivity contribution in [2.24, 2.45) is 7.05 Å². The van der Waals surface area contributed by atoms with Crippen molar-refractivity contribution in [3.8, 4) is 6.07 Å². The van der Waals surface area contributed by atoms with Crippen LogP contribution in [-0.2, 0) is 13.6 Å².